The van der Waals surface area contributed by atoms with Crippen molar-refractivity contribution in [3.8, 4) is 11.8 Å². The summed E-state index contributed by atoms with van der Waals surface area (Å²) in [6, 6.07) is 11.3. The van der Waals surface area contributed by atoms with Crippen LogP contribution in [0.4, 0.5) is 5.69 Å². The van der Waals surface area contributed by atoms with Crippen LogP contribution in [0.15, 0.2) is 42.4 Å². The van der Waals surface area contributed by atoms with E-state index in [4.69, 9.17) is 10.00 Å². The van der Waals surface area contributed by atoms with Crippen LogP contribution in [0.25, 0.3) is 10.8 Å². The number of rotatable bonds is 6. The molecule has 0 radical (unpaired) electrons. The van der Waals surface area contributed by atoms with E-state index in [1.165, 1.54) is 0 Å². The molecule has 0 spiro atoms. The summed E-state index contributed by atoms with van der Waals surface area (Å²) in [5, 5.41) is 20.3. The standard InChI is InChI=1S/C24H27N3O5S/c1-16(14-25)7-8-17-9-10-19-13-22(32-24(29)18-5-3-2-4-6-18)21(12-20(19)11-17)27-15-23(28)26-33(27,30)31/h9-13,15-16,18,26,28H,2-8H2,1H3. The van der Waals surface area contributed by atoms with Gasteiger partial charge in [0.25, 0.3) is 0 Å². The number of aryl methyl sites for hydroxylation is 1. The van der Waals surface area contributed by atoms with Gasteiger partial charge in [0.1, 0.15) is 5.69 Å². The Hall–Kier alpha value is -3.25. The van der Waals surface area contributed by atoms with Gasteiger partial charge in [-0.3, -0.25) is 4.79 Å². The first kappa shape index (κ1) is 22.9. The summed E-state index contributed by atoms with van der Waals surface area (Å²) in [7, 11) is -4.06. The van der Waals surface area contributed by atoms with Crippen molar-refractivity contribution in [3.05, 3.63) is 48.0 Å². The molecule has 8 nitrogen and oxygen atoms in total. The van der Waals surface area contributed by atoms with E-state index in [0.29, 0.717) is 12.8 Å². The summed E-state index contributed by atoms with van der Waals surface area (Å²) in [5.74, 6) is -1.02. The summed E-state index contributed by atoms with van der Waals surface area (Å²) in [4.78, 5) is 12.8. The van der Waals surface area contributed by atoms with Crippen molar-refractivity contribution < 1.29 is 23.1 Å². The molecule has 1 aliphatic heterocycles. The lowest BCUT2D eigenvalue weighted by Gasteiger charge is -2.22. The normalized spacial score (nSPS) is 18.9. The van der Waals surface area contributed by atoms with Crippen LogP contribution in [-0.4, -0.2) is 19.5 Å². The number of aliphatic hydroxyl groups is 1. The summed E-state index contributed by atoms with van der Waals surface area (Å²) >= 11 is 0. The molecule has 1 fully saturated rings. The zero-order valence-electron chi connectivity index (χ0n) is 18.5. The molecular weight excluding hydrogens is 442 g/mol. The number of fused-ring (bicyclic) bond motifs is 1. The van der Waals surface area contributed by atoms with E-state index in [1.807, 2.05) is 29.8 Å². The van der Waals surface area contributed by atoms with Crippen LogP contribution in [0.1, 0.15) is 51.0 Å². The van der Waals surface area contributed by atoms with Crippen LogP contribution in [0.2, 0.25) is 0 Å². The molecule has 174 valence electrons. The van der Waals surface area contributed by atoms with Crippen LogP contribution in [-0.2, 0) is 21.4 Å². The number of anilines is 1. The molecule has 2 aromatic rings. The van der Waals surface area contributed by atoms with Gasteiger partial charge < -0.3 is 9.84 Å². The molecule has 0 aromatic heterocycles. The number of carbonyl (C=O) groups excluding carboxylic acids is 1. The summed E-state index contributed by atoms with van der Waals surface area (Å²) in [6.45, 7) is 1.87. The van der Waals surface area contributed by atoms with Crippen LogP contribution in [0.5, 0.6) is 5.75 Å². The molecule has 2 aromatic carbocycles. The van der Waals surface area contributed by atoms with Crippen LogP contribution >= 0.6 is 0 Å². The minimum Gasteiger partial charge on any atom is -0.493 e. The number of hydrogen-bond donors (Lipinski definition) is 2. The topological polar surface area (TPSA) is 120 Å². The second kappa shape index (κ2) is 9.32. The summed E-state index contributed by atoms with van der Waals surface area (Å²) in [6.07, 6.45) is 7.04. The average Bonchev–Trinajstić information content (AvgIpc) is 3.08. The predicted octanol–water partition coefficient (Wildman–Crippen LogP) is 4.43. The van der Waals surface area contributed by atoms with Gasteiger partial charge >= 0.3 is 16.2 Å². The molecule has 0 saturated heterocycles. The molecule has 1 aliphatic carbocycles. The zero-order valence-corrected chi connectivity index (χ0v) is 19.3. The third-order valence-electron chi connectivity index (χ3n) is 6.19. The average molecular weight is 470 g/mol. The summed E-state index contributed by atoms with van der Waals surface area (Å²) in [5.41, 5.74) is 1.16. The number of aliphatic hydroxyl groups excluding tert-OH is 1. The van der Waals surface area contributed by atoms with Crippen LogP contribution < -0.4 is 13.8 Å². The number of esters is 1. The van der Waals surface area contributed by atoms with E-state index in [0.717, 1.165) is 58.9 Å². The number of hydrogen-bond acceptors (Lipinski definition) is 6. The molecule has 2 N–H and O–H groups in total. The van der Waals surface area contributed by atoms with Crippen molar-refractivity contribution in [1.82, 2.24) is 4.72 Å². The van der Waals surface area contributed by atoms with Crippen molar-refractivity contribution in [2.45, 2.75) is 51.9 Å². The van der Waals surface area contributed by atoms with Crippen molar-refractivity contribution in [1.29, 1.82) is 5.26 Å². The Bertz CT molecular complexity index is 1240. The fourth-order valence-electron chi connectivity index (χ4n) is 4.29. The Morgan fingerprint density at radius 3 is 2.67 bits per heavy atom. The minimum absolute atomic E-state index is 0.0632. The monoisotopic (exact) mass is 469 g/mol. The number of nitrogens with one attached hydrogen (secondary N) is 1. The molecule has 33 heavy (non-hydrogen) atoms. The van der Waals surface area contributed by atoms with Gasteiger partial charge in [-0.1, -0.05) is 37.5 Å². The van der Waals surface area contributed by atoms with Gasteiger partial charge in [0, 0.05) is 5.92 Å². The van der Waals surface area contributed by atoms with Gasteiger partial charge in [0.15, 0.2) is 5.75 Å². The van der Waals surface area contributed by atoms with Gasteiger partial charge in [0.2, 0.25) is 5.88 Å². The highest BCUT2D eigenvalue weighted by Crippen LogP contribution is 2.38. The predicted molar refractivity (Wildman–Crippen MR) is 125 cm³/mol. The maximum atomic E-state index is 12.8. The summed E-state index contributed by atoms with van der Waals surface area (Å²) < 4.78 is 33.8. The lowest BCUT2D eigenvalue weighted by atomic mass is 9.89. The Balaban J connectivity index is 1.73. The van der Waals surface area contributed by atoms with E-state index in [9.17, 15) is 18.3 Å². The third kappa shape index (κ3) is 5.06. The first-order chi connectivity index (χ1) is 15.8. The number of ether oxygens (including phenoxy) is 1. The van der Waals surface area contributed by atoms with Crippen molar-refractivity contribution in [2.24, 2.45) is 11.8 Å². The van der Waals surface area contributed by atoms with Crippen molar-refractivity contribution in [3.63, 3.8) is 0 Å². The first-order valence-electron chi connectivity index (χ1n) is 11.2. The second-order valence-corrected chi connectivity index (χ2v) is 10.3. The minimum atomic E-state index is -4.06. The number of carbonyl (C=O) groups is 1. The maximum Gasteiger partial charge on any atom is 0.330 e. The van der Waals surface area contributed by atoms with Crippen molar-refractivity contribution in [2.75, 3.05) is 4.31 Å². The smallest absolute Gasteiger partial charge is 0.330 e. The Kier molecular flexibility index (Phi) is 6.47. The molecule has 9 heteroatoms. The van der Waals surface area contributed by atoms with E-state index in [1.54, 1.807) is 12.1 Å². The van der Waals surface area contributed by atoms with Gasteiger partial charge in [-0.05, 0) is 61.1 Å². The number of benzene rings is 2. The van der Waals surface area contributed by atoms with E-state index >= 15 is 0 Å². The molecule has 0 amide bonds. The highest BCUT2D eigenvalue weighted by molar-refractivity contribution is 7.91. The second-order valence-electron chi connectivity index (χ2n) is 8.74. The first-order valence-corrected chi connectivity index (χ1v) is 12.6. The molecule has 4 rings (SSSR count). The third-order valence-corrected chi connectivity index (χ3v) is 7.47. The molecule has 1 unspecified atom stereocenters. The molecule has 2 aliphatic rings. The van der Waals surface area contributed by atoms with E-state index in [-0.39, 0.29) is 29.2 Å². The fraction of sp³-hybridized carbons (Fsp3) is 0.417. The number of nitriles is 1. The van der Waals surface area contributed by atoms with Crippen LogP contribution in [0.3, 0.4) is 0 Å². The molecule has 0 bridgehead atoms. The molecule has 1 saturated carbocycles. The Labute approximate surface area is 193 Å². The largest absolute Gasteiger partial charge is 0.493 e. The Morgan fingerprint density at radius 1 is 1.24 bits per heavy atom. The molecular formula is C24H27N3O5S. The zero-order chi connectivity index (χ0) is 23.6. The lowest BCUT2D eigenvalue weighted by molar-refractivity contribution is -0.139. The Morgan fingerprint density at radius 2 is 2.00 bits per heavy atom. The van der Waals surface area contributed by atoms with Gasteiger partial charge in [0.05, 0.1) is 18.2 Å². The molecule has 1 atom stereocenters. The fourth-order valence-corrected chi connectivity index (χ4v) is 5.34. The van der Waals surface area contributed by atoms with E-state index < -0.39 is 16.1 Å². The number of nitrogens with zero attached hydrogens (tertiary/aromatic N) is 2. The maximum absolute atomic E-state index is 12.8. The van der Waals surface area contributed by atoms with E-state index in [2.05, 4.69) is 6.07 Å². The quantitative estimate of drug-likeness (QED) is 0.477. The van der Waals surface area contributed by atoms with Gasteiger partial charge in [-0.15, -0.1) is 0 Å². The SMILES string of the molecule is CC(C#N)CCc1ccc2cc(OC(=O)C3CCCCC3)c(N3C=C(O)NS3(=O)=O)cc2c1. The van der Waals surface area contributed by atoms with Crippen LogP contribution in [0, 0.1) is 23.2 Å². The van der Waals surface area contributed by atoms with Crippen molar-refractivity contribution >= 4 is 32.6 Å². The lowest BCUT2D eigenvalue weighted by Crippen LogP contribution is -2.30. The highest BCUT2D eigenvalue weighted by Gasteiger charge is 2.32. The van der Waals surface area contributed by atoms with Gasteiger partial charge in [-0.2, -0.15) is 13.7 Å². The molecule has 1 heterocycles. The van der Waals surface area contributed by atoms with Gasteiger partial charge in [-0.25, -0.2) is 9.03 Å². The highest BCUT2D eigenvalue weighted by atomic mass is 32.2.